The Morgan fingerprint density at radius 2 is 1.37 bits per heavy atom. The molecule has 1 amide bonds. The largest absolute Gasteiger partial charge is 0.416 e. The molecule has 0 saturated carbocycles. The number of amides is 1. The van der Waals surface area contributed by atoms with Crippen molar-refractivity contribution in [1.82, 2.24) is 4.98 Å². The molecular weight excluding hydrogens is 353 g/mol. The minimum atomic E-state index is -4.43. The number of anilines is 1. The van der Waals surface area contributed by atoms with E-state index in [1.165, 1.54) is 0 Å². The van der Waals surface area contributed by atoms with Crippen LogP contribution in [0, 0.1) is 11.8 Å². The van der Waals surface area contributed by atoms with Crippen LogP contribution in [0.3, 0.4) is 0 Å². The fourth-order valence-corrected chi connectivity index (χ4v) is 2.23. The van der Waals surface area contributed by atoms with Gasteiger partial charge in [-0.1, -0.05) is 11.8 Å². The molecule has 0 spiro atoms. The average molecular weight is 366 g/mol. The van der Waals surface area contributed by atoms with Crippen molar-refractivity contribution in [3.63, 3.8) is 0 Å². The fraction of sp³-hybridized carbons (Fsp3) is 0.0476. The number of halogens is 3. The molecule has 3 nitrogen and oxygen atoms in total. The summed E-state index contributed by atoms with van der Waals surface area (Å²) in [5.74, 6) is 5.50. The number of hydrogen-bond acceptors (Lipinski definition) is 2. The van der Waals surface area contributed by atoms with Crippen molar-refractivity contribution in [2.45, 2.75) is 6.18 Å². The second-order valence-electron chi connectivity index (χ2n) is 5.59. The van der Waals surface area contributed by atoms with Gasteiger partial charge in [0.1, 0.15) is 0 Å². The van der Waals surface area contributed by atoms with Gasteiger partial charge in [0.2, 0.25) is 0 Å². The van der Waals surface area contributed by atoms with E-state index in [9.17, 15) is 18.0 Å². The monoisotopic (exact) mass is 366 g/mol. The molecule has 0 saturated heterocycles. The molecule has 1 heterocycles. The molecule has 3 rings (SSSR count). The molecular formula is C21H13F3N2O. The van der Waals surface area contributed by atoms with E-state index < -0.39 is 17.6 Å². The number of hydrogen-bond donors (Lipinski definition) is 1. The van der Waals surface area contributed by atoms with Gasteiger partial charge in [0.15, 0.2) is 0 Å². The highest BCUT2D eigenvalue weighted by atomic mass is 19.4. The molecule has 27 heavy (non-hydrogen) atoms. The number of carbonyl (C=O) groups excluding carboxylic acids is 1. The predicted octanol–water partition coefficient (Wildman–Crippen LogP) is 4.75. The number of pyridine rings is 1. The van der Waals surface area contributed by atoms with Crippen molar-refractivity contribution in [3.8, 4) is 11.8 Å². The van der Waals surface area contributed by atoms with Gasteiger partial charge >= 0.3 is 6.18 Å². The first-order valence-corrected chi connectivity index (χ1v) is 7.92. The second-order valence-corrected chi connectivity index (χ2v) is 5.59. The molecule has 0 aliphatic rings. The molecule has 134 valence electrons. The first-order valence-electron chi connectivity index (χ1n) is 7.92. The zero-order valence-corrected chi connectivity index (χ0v) is 13.9. The van der Waals surface area contributed by atoms with Crippen molar-refractivity contribution in [1.29, 1.82) is 0 Å². The lowest BCUT2D eigenvalue weighted by Crippen LogP contribution is -2.12. The van der Waals surface area contributed by atoms with Crippen molar-refractivity contribution >= 4 is 11.6 Å². The van der Waals surface area contributed by atoms with Gasteiger partial charge in [-0.25, -0.2) is 0 Å². The zero-order valence-electron chi connectivity index (χ0n) is 13.9. The van der Waals surface area contributed by atoms with Gasteiger partial charge < -0.3 is 5.32 Å². The number of alkyl halides is 3. The van der Waals surface area contributed by atoms with E-state index in [1.807, 2.05) is 0 Å². The van der Waals surface area contributed by atoms with E-state index in [1.54, 1.807) is 48.8 Å². The molecule has 0 fully saturated rings. The number of aromatic nitrogens is 1. The molecule has 0 aliphatic heterocycles. The highest BCUT2D eigenvalue weighted by Crippen LogP contribution is 2.29. The lowest BCUT2D eigenvalue weighted by Gasteiger charge is -2.08. The van der Waals surface area contributed by atoms with Gasteiger partial charge in [0.25, 0.3) is 5.91 Å². The Kier molecular flexibility index (Phi) is 5.23. The Morgan fingerprint density at radius 3 is 1.93 bits per heavy atom. The van der Waals surface area contributed by atoms with Crippen LogP contribution in [0.1, 0.15) is 27.0 Å². The van der Waals surface area contributed by atoms with Crippen molar-refractivity contribution in [3.05, 3.63) is 95.3 Å². The zero-order chi connectivity index (χ0) is 19.3. The smallest absolute Gasteiger partial charge is 0.322 e. The summed E-state index contributed by atoms with van der Waals surface area (Å²) in [7, 11) is 0. The number of carbonyl (C=O) groups is 1. The SMILES string of the molecule is O=C(Nc1ccc(C#Cc2ccncc2)cc1)c1ccc(C(F)(F)F)cc1. The Labute approximate surface area is 153 Å². The Balaban J connectivity index is 1.66. The number of nitrogens with one attached hydrogen (secondary N) is 1. The van der Waals surface area contributed by atoms with Crippen LogP contribution in [0.25, 0.3) is 0 Å². The summed E-state index contributed by atoms with van der Waals surface area (Å²) in [4.78, 5) is 16.1. The maximum atomic E-state index is 12.6. The molecule has 6 heteroatoms. The van der Waals surface area contributed by atoms with Crippen molar-refractivity contribution in [2.24, 2.45) is 0 Å². The number of rotatable bonds is 2. The third kappa shape index (κ3) is 4.95. The van der Waals surface area contributed by atoms with E-state index in [-0.39, 0.29) is 5.56 Å². The van der Waals surface area contributed by atoms with Crippen LogP contribution in [-0.4, -0.2) is 10.9 Å². The van der Waals surface area contributed by atoms with Crippen LogP contribution in [0.5, 0.6) is 0 Å². The van der Waals surface area contributed by atoms with Crippen LogP contribution in [0.15, 0.2) is 73.1 Å². The van der Waals surface area contributed by atoms with E-state index in [2.05, 4.69) is 22.1 Å². The summed E-state index contributed by atoms with van der Waals surface area (Å²) in [5, 5.41) is 2.64. The first kappa shape index (κ1) is 18.2. The Morgan fingerprint density at radius 1 is 0.815 bits per heavy atom. The summed E-state index contributed by atoms with van der Waals surface area (Å²) < 4.78 is 37.7. The van der Waals surface area contributed by atoms with Crippen LogP contribution >= 0.6 is 0 Å². The van der Waals surface area contributed by atoms with Crippen LogP contribution < -0.4 is 5.32 Å². The molecule has 0 unspecified atom stereocenters. The van der Waals surface area contributed by atoms with Gasteiger partial charge in [0, 0.05) is 34.8 Å². The first-order chi connectivity index (χ1) is 12.9. The number of nitrogens with zero attached hydrogens (tertiary/aromatic N) is 1. The minimum Gasteiger partial charge on any atom is -0.322 e. The molecule has 1 aromatic heterocycles. The van der Waals surface area contributed by atoms with Crippen LogP contribution in [-0.2, 0) is 6.18 Å². The topological polar surface area (TPSA) is 42.0 Å². The third-order valence-electron chi connectivity index (χ3n) is 3.65. The minimum absolute atomic E-state index is 0.143. The van der Waals surface area contributed by atoms with Crippen LogP contribution in [0.2, 0.25) is 0 Å². The van der Waals surface area contributed by atoms with Crippen molar-refractivity contribution < 1.29 is 18.0 Å². The molecule has 0 atom stereocenters. The second kappa shape index (κ2) is 7.75. The average Bonchev–Trinajstić information content (AvgIpc) is 2.68. The maximum Gasteiger partial charge on any atom is 0.416 e. The normalized spacial score (nSPS) is 10.6. The Bertz CT molecular complexity index is 984. The predicted molar refractivity (Wildman–Crippen MR) is 96.1 cm³/mol. The summed E-state index contributed by atoms with van der Waals surface area (Å²) in [6.07, 6.45) is -1.12. The highest BCUT2D eigenvalue weighted by molar-refractivity contribution is 6.04. The number of benzene rings is 2. The van der Waals surface area contributed by atoms with E-state index in [0.29, 0.717) is 5.69 Å². The molecule has 0 radical (unpaired) electrons. The van der Waals surface area contributed by atoms with Crippen molar-refractivity contribution in [2.75, 3.05) is 5.32 Å². The summed E-state index contributed by atoms with van der Waals surface area (Å²) in [5.41, 5.74) is 1.47. The van der Waals surface area contributed by atoms with E-state index in [0.717, 1.165) is 35.4 Å². The lowest BCUT2D eigenvalue weighted by molar-refractivity contribution is -0.137. The van der Waals surface area contributed by atoms with Gasteiger partial charge in [-0.05, 0) is 60.7 Å². The third-order valence-corrected chi connectivity index (χ3v) is 3.65. The van der Waals surface area contributed by atoms with Gasteiger partial charge in [-0.3, -0.25) is 9.78 Å². The van der Waals surface area contributed by atoms with Gasteiger partial charge in [0.05, 0.1) is 5.56 Å². The fourth-order valence-electron chi connectivity index (χ4n) is 2.23. The van der Waals surface area contributed by atoms with Gasteiger partial charge in [-0.15, -0.1) is 0 Å². The lowest BCUT2D eigenvalue weighted by atomic mass is 10.1. The Hall–Kier alpha value is -3.59. The quantitative estimate of drug-likeness (QED) is 0.665. The molecule has 0 aliphatic carbocycles. The van der Waals surface area contributed by atoms with E-state index >= 15 is 0 Å². The summed E-state index contributed by atoms with van der Waals surface area (Å²) >= 11 is 0. The highest BCUT2D eigenvalue weighted by Gasteiger charge is 2.30. The molecule has 2 aromatic carbocycles. The maximum absolute atomic E-state index is 12.6. The summed E-state index contributed by atoms with van der Waals surface area (Å²) in [6, 6.07) is 14.5. The molecule has 3 aromatic rings. The van der Waals surface area contributed by atoms with Gasteiger partial charge in [-0.2, -0.15) is 13.2 Å². The standard InChI is InChI=1S/C21H13F3N2O/c22-21(23,24)18-7-5-17(6-8-18)20(27)26-19-9-3-15(4-10-19)1-2-16-11-13-25-14-12-16/h3-14H,(H,26,27). The molecule has 1 N–H and O–H groups in total. The van der Waals surface area contributed by atoms with Crippen LogP contribution in [0.4, 0.5) is 18.9 Å². The summed E-state index contributed by atoms with van der Waals surface area (Å²) in [6.45, 7) is 0. The molecule has 0 bridgehead atoms. The van der Waals surface area contributed by atoms with E-state index in [4.69, 9.17) is 0 Å².